The van der Waals surface area contributed by atoms with E-state index in [-0.39, 0.29) is 24.2 Å². The molecule has 0 aliphatic rings. The highest BCUT2D eigenvalue weighted by atomic mass is 16.4. The molecule has 1 heterocycles. The molecular formula is C14H20N2O4. The van der Waals surface area contributed by atoms with Crippen LogP contribution in [0.4, 0.5) is 0 Å². The normalized spacial score (nSPS) is 11.9. The number of aryl methyl sites for hydroxylation is 1. The predicted molar refractivity (Wildman–Crippen MR) is 73.8 cm³/mol. The number of ketones is 1. The molecule has 0 saturated carbocycles. The fraction of sp³-hybridized carbons (Fsp3) is 0.500. The third kappa shape index (κ3) is 4.53. The Bertz CT molecular complexity index is 519. The van der Waals surface area contributed by atoms with Crippen molar-refractivity contribution in [3.05, 3.63) is 23.5 Å². The van der Waals surface area contributed by atoms with Gasteiger partial charge in [-0.15, -0.1) is 0 Å². The van der Waals surface area contributed by atoms with Gasteiger partial charge in [-0.2, -0.15) is 0 Å². The van der Waals surface area contributed by atoms with Crippen molar-refractivity contribution < 1.29 is 19.5 Å². The van der Waals surface area contributed by atoms with Crippen LogP contribution in [0, 0.1) is 0 Å². The van der Waals surface area contributed by atoms with Crippen molar-refractivity contribution in [3.8, 4) is 0 Å². The molecule has 0 fully saturated rings. The Hall–Kier alpha value is -2.11. The van der Waals surface area contributed by atoms with Crippen molar-refractivity contribution in [2.75, 3.05) is 0 Å². The summed E-state index contributed by atoms with van der Waals surface area (Å²) >= 11 is 0. The van der Waals surface area contributed by atoms with Crippen molar-refractivity contribution in [3.63, 3.8) is 0 Å². The van der Waals surface area contributed by atoms with Gasteiger partial charge in [-0.05, 0) is 32.8 Å². The topological polar surface area (TPSA) is 88.4 Å². The average molecular weight is 280 g/mol. The van der Waals surface area contributed by atoms with E-state index < -0.39 is 5.97 Å². The van der Waals surface area contributed by atoms with Crippen LogP contribution in [-0.4, -0.2) is 33.4 Å². The maximum absolute atomic E-state index is 12.0. The summed E-state index contributed by atoms with van der Waals surface area (Å²) in [5.74, 6) is -1.19. The Labute approximate surface area is 117 Å². The van der Waals surface area contributed by atoms with Crippen LogP contribution in [-0.2, 0) is 11.8 Å². The van der Waals surface area contributed by atoms with Crippen molar-refractivity contribution in [1.82, 2.24) is 9.88 Å². The van der Waals surface area contributed by atoms with Crippen LogP contribution < -0.4 is 5.32 Å². The molecule has 1 aromatic rings. The van der Waals surface area contributed by atoms with Gasteiger partial charge in [0.1, 0.15) is 5.69 Å². The lowest BCUT2D eigenvalue weighted by Crippen LogP contribution is -2.33. The second-order valence-electron chi connectivity index (χ2n) is 4.94. The molecule has 1 unspecified atom stereocenters. The van der Waals surface area contributed by atoms with E-state index in [2.05, 4.69) is 5.32 Å². The first kappa shape index (κ1) is 15.9. The molecule has 0 aliphatic carbocycles. The monoisotopic (exact) mass is 280 g/mol. The summed E-state index contributed by atoms with van der Waals surface area (Å²) in [5, 5.41) is 11.4. The zero-order valence-electron chi connectivity index (χ0n) is 12.0. The van der Waals surface area contributed by atoms with Crippen LogP contribution in [0.15, 0.2) is 12.3 Å². The molecule has 1 rings (SSSR count). The van der Waals surface area contributed by atoms with Crippen molar-refractivity contribution in [2.24, 2.45) is 7.05 Å². The van der Waals surface area contributed by atoms with E-state index in [9.17, 15) is 14.4 Å². The standard InChI is InChI=1S/C14H20N2O4/c1-9(5-4-6-13(18)19)15-14(20)12-7-11(10(2)17)8-16(12)3/h7-9H,4-6H2,1-3H3,(H,15,20)(H,18,19). The van der Waals surface area contributed by atoms with E-state index in [0.29, 0.717) is 24.1 Å². The summed E-state index contributed by atoms with van der Waals surface area (Å²) in [5.41, 5.74) is 0.913. The Kier molecular flexibility index (Phi) is 5.49. The second-order valence-corrected chi connectivity index (χ2v) is 4.94. The van der Waals surface area contributed by atoms with E-state index in [1.54, 1.807) is 23.9 Å². The first-order valence-electron chi connectivity index (χ1n) is 6.51. The number of Topliss-reactive ketones (excluding diaryl/α,β-unsaturated/α-hetero) is 1. The largest absolute Gasteiger partial charge is 0.481 e. The number of amides is 1. The third-order valence-electron chi connectivity index (χ3n) is 3.05. The molecule has 1 atom stereocenters. The summed E-state index contributed by atoms with van der Waals surface area (Å²) < 4.78 is 1.61. The minimum Gasteiger partial charge on any atom is -0.481 e. The molecule has 0 bridgehead atoms. The minimum absolute atomic E-state index is 0.0887. The first-order chi connectivity index (χ1) is 9.31. The molecule has 0 spiro atoms. The lowest BCUT2D eigenvalue weighted by molar-refractivity contribution is -0.137. The van der Waals surface area contributed by atoms with Gasteiger partial charge in [0.25, 0.3) is 5.91 Å². The van der Waals surface area contributed by atoms with E-state index in [0.717, 1.165) is 0 Å². The van der Waals surface area contributed by atoms with Crippen LogP contribution in [0.5, 0.6) is 0 Å². The molecule has 2 N–H and O–H groups in total. The number of hydrogen-bond donors (Lipinski definition) is 2. The van der Waals surface area contributed by atoms with Crippen LogP contribution in [0.3, 0.4) is 0 Å². The SMILES string of the molecule is CC(=O)c1cc(C(=O)NC(C)CCCC(=O)O)n(C)c1. The Balaban J connectivity index is 2.58. The van der Waals surface area contributed by atoms with Gasteiger partial charge in [0.15, 0.2) is 5.78 Å². The maximum atomic E-state index is 12.0. The van der Waals surface area contributed by atoms with E-state index >= 15 is 0 Å². The molecule has 0 aromatic carbocycles. The van der Waals surface area contributed by atoms with Gasteiger partial charge < -0.3 is 15.0 Å². The van der Waals surface area contributed by atoms with Crippen molar-refractivity contribution >= 4 is 17.7 Å². The number of carbonyl (C=O) groups is 3. The quantitative estimate of drug-likeness (QED) is 0.742. The highest BCUT2D eigenvalue weighted by molar-refractivity contribution is 5.99. The number of hydrogen-bond acceptors (Lipinski definition) is 3. The summed E-state index contributed by atoms with van der Waals surface area (Å²) in [6.45, 7) is 3.28. The number of nitrogens with one attached hydrogen (secondary N) is 1. The van der Waals surface area contributed by atoms with Crippen molar-refractivity contribution in [2.45, 2.75) is 39.2 Å². The lowest BCUT2D eigenvalue weighted by Gasteiger charge is -2.13. The number of nitrogens with zero attached hydrogens (tertiary/aromatic N) is 1. The van der Waals surface area contributed by atoms with Crippen LogP contribution in [0.2, 0.25) is 0 Å². The van der Waals surface area contributed by atoms with Gasteiger partial charge >= 0.3 is 5.97 Å². The van der Waals surface area contributed by atoms with Crippen LogP contribution in [0.25, 0.3) is 0 Å². The fourth-order valence-corrected chi connectivity index (χ4v) is 1.91. The molecule has 20 heavy (non-hydrogen) atoms. The predicted octanol–water partition coefficient (Wildman–Crippen LogP) is 1.60. The van der Waals surface area contributed by atoms with Gasteiger partial charge in [-0.1, -0.05) is 0 Å². The van der Waals surface area contributed by atoms with Gasteiger partial charge in [0.05, 0.1) is 0 Å². The minimum atomic E-state index is -0.836. The summed E-state index contributed by atoms with van der Waals surface area (Å²) in [4.78, 5) is 33.7. The van der Waals surface area contributed by atoms with E-state index in [1.165, 1.54) is 6.92 Å². The first-order valence-corrected chi connectivity index (χ1v) is 6.51. The third-order valence-corrected chi connectivity index (χ3v) is 3.05. The number of carbonyl (C=O) groups excluding carboxylic acids is 2. The number of aromatic nitrogens is 1. The smallest absolute Gasteiger partial charge is 0.303 e. The molecule has 1 aromatic heterocycles. The number of rotatable bonds is 7. The van der Waals surface area contributed by atoms with Crippen LogP contribution in [0.1, 0.15) is 54.0 Å². The molecular weight excluding hydrogens is 260 g/mol. The Morgan fingerprint density at radius 2 is 2.05 bits per heavy atom. The average Bonchev–Trinajstić information content (AvgIpc) is 2.71. The molecule has 110 valence electrons. The van der Waals surface area contributed by atoms with Gasteiger partial charge in [0.2, 0.25) is 0 Å². The molecule has 0 aliphatic heterocycles. The van der Waals surface area contributed by atoms with Crippen LogP contribution >= 0.6 is 0 Å². The number of carboxylic acids is 1. The van der Waals surface area contributed by atoms with Gasteiger partial charge in [0, 0.05) is 31.3 Å². The second kappa shape index (κ2) is 6.88. The van der Waals surface area contributed by atoms with Gasteiger partial charge in [-0.25, -0.2) is 0 Å². The molecule has 0 radical (unpaired) electrons. The summed E-state index contributed by atoms with van der Waals surface area (Å²) in [7, 11) is 1.70. The molecule has 1 amide bonds. The molecule has 6 nitrogen and oxygen atoms in total. The zero-order valence-corrected chi connectivity index (χ0v) is 12.0. The number of aliphatic carboxylic acids is 1. The zero-order chi connectivity index (χ0) is 15.3. The highest BCUT2D eigenvalue weighted by Gasteiger charge is 2.15. The van der Waals surface area contributed by atoms with E-state index in [4.69, 9.17) is 5.11 Å². The lowest BCUT2D eigenvalue weighted by atomic mass is 10.1. The molecule has 0 saturated heterocycles. The summed E-state index contributed by atoms with van der Waals surface area (Å²) in [6.07, 6.45) is 2.83. The molecule has 6 heteroatoms. The summed E-state index contributed by atoms with van der Waals surface area (Å²) in [6, 6.07) is 1.44. The Morgan fingerprint density at radius 1 is 1.40 bits per heavy atom. The van der Waals surface area contributed by atoms with Crippen molar-refractivity contribution in [1.29, 1.82) is 0 Å². The maximum Gasteiger partial charge on any atom is 0.303 e. The highest BCUT2D eigenvalue weighted by Crippen LogP contribution is 2.09. The number of carboxylic acid groups (broad SMARTS) is 1. The fourth-order valence-electron chi connectivity index (χ4n) is 1.91. The Morgan fingerprint density at radius 3 is 2.55 bits per heavy atom. The van der Waals surface area contributed by atoms with Gasteiger partial charge in [-0.3, -0.25) is 14.4 Å². The van der Waals surface area contributed by atoms with E-state index in [1.807, 2.05) is 6.92 Å².